The third-order valence-corrected chi connectivity index (χ3v) is 4.98. The molecule has 1 heterocycles. The van der Waals surface area contributed by atoms with E-state index < -0.39 is 0 Å². The second-order valence-electron chi connectivity index (χ2n) is 5.28. The van der Waals surface area contributed by atoms with Crippen molar-refractivity contribution in [3.8, 4) is 0 Å². The molecule has 0 spiro atoms. The van der Waals surface area contributed by atoms with Crippen molar-refractivity contribution in [3.63, 3.8) is 0 Å². The molecule has 2 nitrogen and oxygen atoms in total. The number of rotatable bonds is 5. The number of halogens is 1. The van der Waals surface area contributed by atoms with E-state index in [1.54, 1.807) is 11.3 Å². The van der Waals surface area contributed by atoms with Gasteiger partial charge in [0.05, 0.1) is 6.04 Å². The number of thiophene rings is 1. The van der Waals surface area contributed by atoms with Crippen LogP contribution in [-0.2, 0) is 6.54 Å². The molecule has 4 heteroatoms. The lowest BCUT2D eigenvalue weighted by atomic mass is 10.0. The monoisotopic (exact) mass is 308 g/mol. The summed E-state index contributed by atoms with van der Waals surface area (Å²) in [5.41, 5.74) is 8.67. The van der Waals surface area contributed by atoms with E-state index in [0.29, 0.717) is 0 Å². The van der Waals surface area contributed by atoms with Crippen LogP contribution in [0.5, 0.6) is 0 Å². The average Bonchev–Trinajstić information content (AvgIpc) is 2.78. The van der Waals surface area contributed by atoms with Gasteiger partial charge in [-0.1, -0.05) is 29.8 Å². The Labute approximate surface area is 130 Å². The molecule has 20 heavy (non-hydrogen) atoms. The Kier molecular flexibility index (Phi) is 5.22. The van der Waals surface area contributed by atoms with Crippen LogP contribution in [0.1, 0.15) is 29.0 Å². The first-order chi connectivity index (χ1) is 9.50. The summed E-state index contributed by atoms with van der Waals surface area (Å²) in [6.45, 7) is 5.00. The predicted octanol–water partition coefficient (Wildman–Crippen LogP) is 4.23. The van der Waals surface area contributed by atoms with Crippen LogP contribution in [0.15, 0.2) is 35.7 Å². The minimum absolute atomic E-state index is 0.0693. The van der Waals surface area contributed by atoms with Crippen molar-refractivity contribution < 1.29 is 0 Å². The highest BCUT2D eigenvalue weighted by molar-refractivity contribution is 7.10. The molecule has 2 rings (SSSR count). The number of nitrogens with two attached hydrogens (primary N) is 1. The minimum Gasteiger partial charge on any atom is -0.326 e. The number of aryl methyl sites for hydroxylation is 1. The smallest absolute Gasteiger partial charge is 0.0593 e. The van der Waals surface area contributed by atoms with Gasteiger partial charge in [-0.2, -0.15) is 0 Å². The predicted molar refractivity (Wildman–Crippen MR) is 88.4 cm³/mol. The van der Waals surface area contributed by atoms with Gasteiger partial charge in [0.2, 0.25) is 0 Å². The highest BCUT2D eigenvalue weighted by Gasteiger charge is 2.24. The van der Waals surface area contributed by atoms with Gasteiger partial charge in [-0.05, 0) is 49.5 Å². The molecule has 0 aliphatic rings. The lowest BCUT2D eigenvalue weighted by Crippen LogP contribution is -2.36. The van der Waals surface area contributed by atoms with Crippen LogP contribution in [0.25, 0.3) is 0 Å². The number of nitrogens with zero attached hydrogens (tertiary/aromatic N) is 1. The molecule has 0 saturated heterocycles. The molecular formula is C16H21ClN2S. The van der Waals surface area contributed by atoms with Gasteiger partial charge in [-0.3, -0.25) is 4.90 Å². The molecule has 0 amide bonds. The standard InChI is InChI=1S/C16H21ClN2S/c1-11-8-9-20-16(11)15(12(2)18)19(3)10-13-6-4-5-7-14(13)17/h4-9,12,15H,10,18H2,1-3H3. The summed E-state index contributed by atoms with van der Waals surface area (Å²) in [4.78, 5) is 3.62. The molecule has 2 aromatic rings. The second kappa shape index (κ2) is 6.72. The highest BCUT2D eigenvalue weighted by atomic mass is 35.5. The fraction of sp³-hybridized carbons (Fsp3) is 0.375. The summed E-state index contributed by atoms with van der Waals surface area (Å²) in [5, 5.41) is 2.94. The Morgan fingerprint density at radius 1 is 1.30 bits per heavy atom. The van der Waals surface area contributed by atoms with Crippen LogP contribution in [0.3, 0.4) is 0 Å². The molecule has 0 saturated carbocycles. The molecule has 2 N–H and O–H groups in total. The quantitative estimate of drug-likeness (QED) is 0.895. The SMILES string of the molecule is Cc1ccsc1C(C(C)N)N(C)Cc1ccccc1Cl. The zero-order valence-electron chi connectivity index (χ0n) is 12.1. The van der Waals surface area contributed by atoms with Crippen molar-refractivity contribution in [3.05, 3.63) is 56.7 Å². The van der Waals surface area contributed by atoms with Crippen LogP contribution in [0.2, 0.25) is 5.02 Å². The Morgan fingerprint density at radius 2 is 2.00 bits per heavy atom. The summed E-state index contributed by atoms with van der Waals surface area (Å²) in [7, 11) is 2.11. The lowest BCUT2D eigenvalue weighted by Gasteiger charge is -2.31. The molecule has 0 aliphatic carbocycles. The normalized spacial score (nSPS) is 14.5. The third-order valence-electron chi connectivity index (χ3n) is 3.52. The maximum absolute atomic E-state index is 6.25. The van der Waals surface area contributed by atoms with Crippen LogP contribution >= 0.6 is 22.9 Å². The minimum atomic E-state index is 0.0693. The molecule has 0 fully saturated rings. The molecule has 1 aromatic heterocycles. The fourth-order valence-electron chi connectivity index (χ4n) is 2.52. The molecule has 0 bridgehead atoms. The van der Waals surface area contributed by atoms with Crippen LogP contribution in [0.4, 0.5) is 0 Å². The van der Waals surface area contributed by atoms with Crippen molar-refractivity contribution >= 4 is 22.9 Å². The van der Waals surface area contributed by atoms with Gasteiger partial charge < -0.3 is 5.73 Å². The first-order valence-corrected chi connectivity index (χ1v) is 7.99. The highest BCUT2D eigenvalue weighted by Crippen LogP contribution is 2.31. The Morgan fingerprint density at radius 3 is 2.55 bits per heavy atom. The van der Waals surface area contributed by atoms with Crippen molar-refractivity contribution in [1.29, 1.82) is 0 Å². The number of benzene rings is 1. The first-order valence-electron chi connectivity index (χ1n) is 6.74. The topological polar surface area (TPSA) is 29.3 Å². The van der Waals surface area contributed by atoms with E-state index in [4.69, 9.17) is 17.3 Å². The molecule has 0 radical (unpaired) electrons. The van der Waals surface area contributed by atoms with Gasteiger partial charge in [-0.15, -0.1) is 11.3 Å². The van der Waals surface area contributed by atoms with Gasteiger partial charge >= 0.3 is 0 Å². The van der Waals surface area contributed by atoms with E-state index >= 15 is 0 Å². The lowest BCUT2D eigenvalue weighted by molar-refractivity contribution is 0.214. The molecule has 0 aliphatic heterocycles. The van der Waals surface area contributed by atoms with Gasteiger partial charge in [0, 0.05) is 22.5 Å². The average molecular weight is 309 g/mol. The number of hydrogen-bond acceptors (Lipinski definition) is 3. The Hall–Kier alpha value is -0.870. The summed E-state index contributed by atoms with van der Waals surface area (Å²) in [6, 6.07) is 10.4. The summed E-state index contributed by atoms with van der Waals surface area (Å²) in [5.74, 6) is 0. The van der Waals surface area contributed by atoms with E-state index in [-0.39, 0.29) is 12.1 Å². The van der Waals surface area contributed by atoms with E-state index in [2.05, 4.69) is 43.3 Å². The van der Waals surface area contributed by atoms with Crippen molar-refractivity contribution in [2.24, 2.45) is 5.73 Å². The van der Waals surface area contributed by atoms with Crippen LogP contribution in [-0.4, -0.2) is 18.0 Å². The molecule has 2 atom stereocenters. The van der Waals surface area contributed by atoms with Gasteiger partial charge in [-0.25, -0.2) is 0 Å². The molecule has 108 valence electrons. The summed E-state index contributed by atoms with van der Waals surface area (Å²) in [6.07, 6.45) is 0. The largest absolute Gasteiger partial charge is 0.326 e. The fourth-order valence-corrected chi connectivity index (χ4v) is 3.92. The van der Waals surface area contributed by atoms with E-state index in [1.807, 2.05) is 18.2 Å². The van der Waals surface area contributed by atoms with E-state index in [0.717, 1.165) is 17.1 Å². The van der Waals surface area contributed by atoms with Gasteiger partial charge in [0.1, 0.15) is 0 Å². The molecular weight excluding hydrogens is 288 g/mol. The van der Waals surface area contributed by atoms with E-state index in [1.165, 1.54) is 10.4 Å². The Balaban J connectivity index is 2.23. The van der Waals surface area contributed by atoms with E-state index in [9.17, 15) is 0 Å². The molecule has 1 aromatic carbocycles. The summed E-state index contributed by atoms with van der Waals surface area (Å²) >= 11 is 8.03. The van der Waals surface area contributed by atoms with Gasteiger partial charge in [0.25, 0.3) is 0 Å². The third kappa shape index (κ3) is 3.41. The van der Waals surface area contributed by atoms with Crippen LogP contribution in [0, 0.1) is 6.92 Å². The van der Waals surface area contributed by atoms with Gasteiger partial charge in [0.15, 0.2) is 0 Å². The van der Waals surface area contributed by atoms with Crippen LogP contribution < -0.4 is 5.73 Å². The second-order valence-corrected chi connectivity index (χ2v) is 6.63. The maximum atomic E-state index is 6.25. The van der Waals surface area contributed by atoms with Crippen molar-refractivity contribution in [2.75, 3.05) is 7.05 Å². The first kappa shape index (κ1) is 15.5. The zero-order valence-corrected chi connectivity index (χ0v) is 13.7. The summed E-state index contributed by atoms with van der Waals surface area (Å²) < 4.78 is 0. The number of hydrogen-bond donors (Lipinski definition) is 1. The van der Waals surface area contributed by atoms with Crippen molar-refractivity contribution in [2.45, 2.75) is 32.5 Å². The molecule has 2 unspecified atom stereocenters. The number of likely N-dealkylation sites (N-methyl/N-ethyl adjacent to an activating group) is 1. The maximum Gasteiger partial charge on any atom is 0.0593 e. The zero-order chi connectivity index (χ0) is 14.7. The van der Waals surface area contributed by atoms with Crippen molar-refractivity contribution in [1.82, 2.24) is 4.90 Å². The Bertz CT molecular complexity index is 565.